The molecular formula is C12H21N3O2. The van der Waals surface area contributed by atoms with E-state index in [4.69, 9.17) is 4.52 Å². The van der Waals surface area contributed by atoms with Crippen molar-refractivity contribution in [3.05, 3.63) is 11.7 Å². The van der Waals surface area contributed by atoms with E-state index >= 15 is 0 Å². The van der Waals surface area contributed by atoms with Crippen molar-refractivity contribution in [3.8, 4) is 0 Å². The van der Waals surface area contributed by atoms with Crippen LogP contribution in [-0.4, -0.2) is 45.4 Å². The van der Waals surface area contributed by atoms with Gasteiger partial charge in [0.2, 0.25) is 5.89 Å². The summed E-state index contributed by atoms with van der Waals surface area (Å²) in [6.07, 6.45) is 3.35. The SMILES string of the molecule is CCN1CCCC1Cc1nc(CC(C)O)no1. The van der Waals surface area contributed by atoms with Crippen molar-refractivity contribution in [1.29, 1.82) is 0 Å². The maximum Gasteiger partial charge on any atom is 0.228 e. The first kappa shape index (κ1) is 12.5. The van der Waals surface area contributed by atoms with Crippen molar-refractivity contribution in [3.63, 3.8) is 0 Å². The van der Waals surface area contributed by atoms with Crippen LogP contribution < -0.4 is 0 Å². The zero-order chi connectivity index (χ0) is 12.3. The molecule has 1 saturated heterocycles. The molecule has 1 aliphatic rings. The Balaban J connectivity index is 1.92. The van der Waals surface area contributed by atoms with Crippen LogP contribution in [0, 0.1) is 0 Å². The summed E-state index contributed by atoms with van der Waals surface area (Å²) in [6, 6.07) is 0.542. The number of hydrogen-bond acceptors (Lipinski definition) is 5. The molecular weight excluding hydrogens is 218 g/mol. The number of likely N-dealkylation sites (N-methyl/N-ethyl adjacent to an activating group) is 1. The molecule has 1 fully saturated rings. The van der Waals surface area contributed by atoms with Crippen LogP contribution in [0.25, 0.3) is 0 Å². The summed E-state index contributed by atoms with van der Waals surface area (Å²) in [5, 5.41) is 13.1. The van der Waals surface area contributed by atoms with Crippen molar-refractivity contribution in [2.45, 2.75) is 51.7 Å². The van der Waals surface area contributed by atoms with Gasteiger partial charge in [0.1, 0.15) is 0 Å². The Hall–Kier alpha value is -0.940. The van der Waals surface area contributed by atoms with E-state index in [0.29, 0.717) is 24.2 Å². The fourth-order valence-electron chi connectivity index (χ4n) is 2.46. The Labute approximate surface area is 102 Å². The van der Waals surface area contributed by atoms with Crippen molar-refractivity contribution in [2.75, 3.05) is 13.1 Å². The van der Waals surface area contributed by atoms with Crippen molar-refractivity contribution >= 4 is 0 Å². The molecule has 1 aromatic heterocycles. The maximum absolute atomic E-state index is 9.25. The summed E-state index contributed by atoms with van der Waals surface area (Å²) >= 11 is 0. The van der Waals surface area contributed by atoms with E-state index in [1.54, 1.807) is 6.92 Å². The van der Waals surface area contributed by atoms with Crippen LogP contribution in [0.1, 0.15) is 38.4 Å². The van der Waals surface area contributed by atoms with E-state index in [2.05, 4.69) is 22.0 Å². The van der Waals surface area contributed by atoms with Crippen molar-refractivity contribution in [2.24, 2.45) is 0 Å². The van der Waals surface area contributed by atoms with Gasteiger partial charge in [-0.05, 0) is 32.9 Å². The third-order valence-electron chi connectivity index (χ3n) is 3.30. The highest BCUT2D eigenvalue weighted by molar-refractivity contribution is 4.93. The number of rotatable bonds is 5. The van der Waals surface area contributed by atoms with E-state index in [9.17, 15) is 5.11 Å². The van der Waals surface area contributed by atoms with Crippen molar-refractivity contribution < 1.29 is 9.63 Å². The van der Waals surface area contributed by atoms with Crippen LogP contribution in [0.4, 0.5) is 0 Å². The normalized spacial score (nSPS) is 23.1. The molecule has 0 saturated carbocycles. The first-order valence-corrected chi connectivity index (χ1v) is 6.42. The summed E-state index contributed by atoms with van der Waals surface area (Å²) in [4.78, 5) is 6.78. The second-order valence-corrected chi connectivity index (χ2v) is 4.79. The Bertz CT molecular complexity index is 351. The van der Waals surface area contributed by atoms with Gasteiger partial charge < -0.3 is 14.5 Å². The monoisotopic (exact) mass is 239 g/mol. The first-order chi connectivity index (χ1) is 8.19. The highest BCUT2D eigenvalue weighted by Gasteiger charge is 2.25. The van der Waals surface area contributed by atoms with Gasteiger partial charge in [-0.25, -0.2) is 0 Å². The highest BCUT2D eigenvalue weighted by Crippen LogP contribution is 2.20. The summed E-state index contributed by atoms with van der Waals surface area (Å²) in [6.45, 7) is 6.17. The van der Waals surface area contributed by atoms with Gasteiger partial charge in [-0.3, -0.25) is 0 Å². The number of aliphatic hydroxyl groups excluding tert-OH is 1. The van der Waals surface area contributed by atoms with Gasteiger partial charge in [0, 0.05) is 18.9 Å². The summed E-state index contributed by atoms with van der Waals surface area (Å²) in [7, 11) is 0. The molecule has 5 heteroatoms. The van der Waals surface area contributed by atoms with Crippen LogP contribution in [0.3, 0.4) is 0 Å². The zero-order valence-corrected chi connectivity index (χ0v) is 10.6. The predicted molar refractivity (Wildman–Crippen MR) is 63.7 cm³/mol. The van der Waals surface area contributed by atoms with Crippen LogP contribution in [0.5, 0.6) is 0 Å². The smallest absolute Gasteiger partial charge is 0.228 e. The minimum atomic E-state index is -0.418. The molecule has 0 spiro atoms. The quantitative estimate of drug-likeness (QED) is 0.831. The standard InChI is InChI=1S/C12H21N3O2/c1-3-15-6-4-5-10(15)8-12-13-11(14-17-12)7-9(2)16/h9-10,16H,3-8H2,1-2H3. The molecule has 1 aliphatic heterocycles. The lowest BCUT2D eigenvalue weighted by atomic mass is 10.1. The second-order valence-electron chi connectivity index (χ2n) is 4.79. The van der Waals surface area contributed by atoms with Crippen LogP contribution in [0.15, 0.2) is 4.52 Å². The zero-order valence-electron chi connectivity index (χ0n) is 10.6. The molecule has 17 heavy (non-hydrogen) atoms. The molecule has 0 radical (unpaired) electrons. The summed E-state index contributed by atoms with van der Waals surface area (Å²) in [5.41, 5.74) is 0. The van der Waals surface area contributed by atoms with E-state index in [-0.39, 0.29) is 0 Å². The fraction of sp³-hybridized carbons (Fsp3) is 0.833. The number of likely N-dealkylation sites (tertiary alicyclic amines) is 1. The average Bonchev–Trinajstić information content (AvgIpc) is 2.87. The molecule has 1 aromatic rings. The Morgan fingerprint density at radius 1 is 1.59 bits per heavy atom. The molecule has 2 atom stereocenters. The maximum atomic E-state index is 9.25. The Kier molecular flexibility index (Phi) is 4.12. The lowest BCUT2D eigenvalue weighted by Crippen LogP contribution is -2.30. The van der Waals surface area contributed by atoms with Crippen LogP contribution in [0.2, 0.25) is 0 Å². The van der Waals surface area contributed by atoms with Crippen molar-refractivity contribution in [1.82, 2.24) is 15.0 Å². The molecule has 2 heterocycles. The number of hydrogen-bond donors (Lipinski definition) is 1. The topological polar surface area (TPSA) is 62.4 Å². The van der Waals surface area contributed by atoms with E-state index in [0.717, 1.165) is 13.0 Å². The molecule has 5 nitrogen and oxygen atoms in total. The number of aliphatic hydroxyl groups is 1. The molecule has 0 aromatic carbocycles. The molecule has 2 unspecified atom stereocenters. The number of aromatic nitrogens is 2. The largest absolute Gasteiger partial charge is 0.393 e. The first-order valence-electron chi connectivity index (χ1n) is 6.42. The molecule has 96 valence electrons. The average molecular weight is 239 g/mol. The van der Waals surface area contributed by atoms with Gasteiger partial charge in [0.25, 0.3) is 0 Å². The van der Waals surface area contributed by atoms with Gasteiger partial charge in [-0.1, -0.05) is 12.1 Å². The lowest BCUT2D eigenvalue weighted by Gasteiger charge is -2.20. The van der Waals surface area contributed by atoms with E-state index in [1.807, 2.05) is 0 Å². The Morgan fingerprint density at radius 3 is 3.12 bits per heavy atom. The predicted octanol–water partition coefficient (Wildman–Crippen LogP) is 1.02. The molecule has 2 rings (SSSR count). The van der Waals surface area contributed by atoms with Crippen LogP contribution in [-0.2, 0) is 12.8 Å². The minimum absolute atomic E-state index is 0.418. The van der Waals surface area contributed by atoms with Crippen LogP contribution >= 0.6 is 0 Å². The number of nitrogens with zero attached hydrogens (tertiary/aromatic N) is 3. The Morgan fingerprint density at radius 2 is 2.41 bits per heavy atom. The lowest BCUT2D eigenvalue weighted by molar-refractivity contribution is 0.191. The fourth-order valence-corrected chi connectivity index (χ4v) is 2.46. The van der Waals surface area contributed by atoms with E-state index < -0.39 is 6.10 Å². The van der Waals surface area contributed by atoms with E-state index in [1.165, 1.54) is 19.4 Å². The van der Waals surface area contributed by atoms with Gasteiger partial charge in [-0.2, -0.15) is 4.98 Å². The minimum Gasteiger partial charge on any atom is -0.393 e. The van der Waals surface area contributed by atoms with Gasteiger partial charge in [-0.15, -0.1) is 0 Å². The third kappa shape index (κ3) is 3.26. The molecule has 0 aliphatic carbocycles. The summed E-state index contributed by atoms with van der Waals surface area (Å²) < 4.78 is 5.22. The second kappa shape index (κ2) is 5.60. The molecule has 0 amide bonds. The summed E-state index contributed by atoms with van der Waals surface area (Å²) in [5.74, 6) is 1.31. The van der Waals surface area contributed by atoms with Gasteiger partial charge in [0.15, 0.2) is 5.82 Å². The van der Waals surface area contributed by atoms with Gasteiger partial charge in [0.05, 0.1) is 6.10 Å². The third-order valence-corrected chi connectivity index (χ3v) is 3.30. The molecule has 1 N–H and O–H groups in total. The molecule has 0 bridgehead atoms. The highest BCUT2D eigenvalue weighted by atomic mass is 16.5. The van der Waals surface area contributed by atoms with Gasteiger partial charge >= 0.3 is 0 Å².